The van der Waals surface area contributed by atoms with Crippen LogP contribution in [0.5, 0.6) is 0 Å². The van der Waals surface area contributed by atoms with E-state index in [1.807, 2.05) is 12.3 Å². The van der Waals surface area contributed by atoms with Crippen molar-refractivity contribution in [2.24, 2.45) is 0 Å². The first-order valence-electron chi connectivity index (χ1n) is 9.41. The highest BCUT2D eigenvalue weighted by atomic mass is 14.7. The van der Waals surface area contributed by atoms with Gasteiger partial charge < -0.3 is 0 Å². The van der Waals surface area contributed by atoms with E-state index in [1.54, 1.807) is 0 Å². The van der Waals surface area contributed by atoms with Crippen LogP contribution >= 0.6 is 0 Å². The van der Waals surface area contributed by atoms with Crippen molar-refractivity contribution in [1.29, 1.82) is 0 Å². The van der Waals surface area contributed by atoms with Crippen molar-refractivity contribution >= 4 is 0 Å². The van der Waals surface area contributed by atoms with Gasteiger partial charge in [-0.1, -0.05) is 80.6 Å². The fourth-order valence-corrected chi connectivity index (χ4v) is 4.28. The molecule has 1 nitrogen and oxygen atoms in total. The molecule has 0 unspecified atom stereocenters. The summed E-state index contributed by atoms with van der Waals surface area (Å²) in [4.78, 5) is 4.57. The zero-order chi connectivity index (χ0) is 18.4. The molecule has 0 saturated heterocycles. The van der Waals surface area contributed by atoms with Gasteiger partial charge in [-0.15, -0.1) is 0 Å². The molecule has 5 rings (SSSR count). The van der Waals surface area contributed by atoms with Crippen LogP contribution in [0, 0.1) is 0 Å². The highest BCUT2D eigenvalue weighted by molar-refractivity contribution is 5.84. The molecule has 27 heavy (non-hydrogen) atoms. The molecular weight excluding hydrogens is 326 g/mol. The molecule has 0 radical (unpaired) electrons. The van der Waals surface area contributed by atoms with E-state index in [9.17, 15) is 0 Å². The van der Waals surface area contributed by atoms with Crippen molar-refractivity contribution < 1.29 is 0 Å². The molecule has 1 heteroatoms. The quantitative estimate of drug-likeness (QED) is 0.392. The lowest BCUT2D eigenvalue weighted by molar-refractivity contribution is 0.660. The van der Waals surface area contributed by atoms with Gasteiger partial charge in [-0.05, 0) is 51.6 Å². The van der Waals surface area contributed by atoms with E-state index < -0.39 is 0 Å². The van der Waals surface area contributed by atoms with Crippen molar-refractivity contribution in [3.8, 4) is 33.5 Å². The van der Waals surface area contributed by atoms with Crippen LogP contribution in [0.15, 0.2) is 91.1 Å². The number of nitrogens with zero attached hydrogens (tertiary/aromatic N) is 1. The minimum Gasteiger partial charge on any atom is -0.256 e. The molecule has 130 valence electrons. The summed E-state index contributed by atoms with van der Waals surface area (Å²) in [6, 6.07) is 30.3. The lowest BCUT2D eigenvalue weighted by Gasteiger charge is -2.21. The Labute approximate surface area is 160 Å². The van der Waals surface area contributed by atoms with Gasteiger partial charge in [0.1, 0.15) is 0 Å². The predicted molar refractivity (Wildman–Crippen MR) is 113 cm³/mol. The van der Waals surface area contributed by atoms with Gasteiger partial charge in [0.25, 0.3) is 0 Å². The van der Waals surface area contributed by atoms with Gasteiger partial charge >= 0.3 is 0 Å². The van der Waals surface area contributed by atoms with Gasteiger partial charge in [0.05, 0.1) is 5.69 Å². The Balaban J connectivity index is 1.64. The molecule has 0 N–H and O–H groups in total. The fourth-order valence-electron chi connectivity index (χ4n) is 4.28. The number of fused-ring (bicyclic) bond motifs is 3. The first-order chi connectivity index (χ1) is 13.1. The summed E-state index contributed by atoms with van der Waals surface area (Å²) in [7, 11) is 0. The minimum atomic E-state index is 0.0535. The lowest BCUT2D eigenvalue weighted by atomic mass is 9.82. The second-order valence-electron chi connectivity index (χ2n) is 7.73. The summed E-state index contributed by atoms with van der Waals surface area (Å²) in [6.07, 6.45) is 1.91. The fraction of sp³-hybridized carbons (Fsp3) is 0.115. The van der Waals surface area contributed by atoms with E-state index in [-0.39, 0.29) is 5.41 Å². The van der Waals surface area contributed by atoms with Crippen molar-refractivity contribution in [2.75, 3.05) is 0 Å². The van der Waals surface area contributed by atoms with E-state index in [0.29, 0.717) is 0 Å². The Morgan fingerprint density at radius 1 is 0.593 bits per heavy atom. The first kappa shape index (κ1) is 16.0. The number of pyridine rings is 1. The average Bonchev–Trinajstić information content (AvgIpc) is 2.96. The van der Waals surface area contributed by atoms with Gasteiger partial charge in [-0.25, -0.2) is 0 Å². The summed E-state index contributed by atoms with van der Waals surface area (Å²) in [6.45, 7) is 4.63. The second kappa shape index (κ2) is 5.92. The Bertz CT molecular complexity index is 1140. The van der Waals surface area contributed by atoms with Crippen LogP contribution in [-0.4, -0.2) is 4.98 Å². The third-order valence-electron chi connectivity index (χ3n) is 5.75. The molecule has 0 fully saturated rings. The zero-order valence-electron chi connectivity index (χ0n) is 15.6. The van der Waals surface area contributed by atoms with Gasteiger partial charge in [0.15, 0.2) is 0 Å². The molecule has 1 heterocycles. The van der Waals surface area contributed by atoms with Gasteiger partial charge in [0.2, 0.25) is 0 Å². The molecule has 0 atom stereocenters. The van der Waals surface area contributed by atoms with Crippen LogP contribution in [0.25, 0.3) is 33.5 Å². The molecule has 0 bridgehead atoms. The normalized spacial score (nSPS) is 13.9. The van der Waals surface area contributed by atoms with Gasteiger partial charge in [-0.2, -0.15) is 0 Å². The van der Waals surface area contributed by atoms with Crippen LogP contribution in [-0.2, 0) is 5.41 Å². The second-order valence-corrected chi connectivity index (χ2v) is 7.73. The number of benzene rings is 3. The Hall–Kier alpha value is -3.19. The zero-order valence-corrected chi connectivity index (χ0v) is 15.6. The van der Waals surface area contributed by atoms with Crippen LogP contribution in [0.4, 0.5) is 0 Å². The van der Waals surface area contributed by atoms with Crippen LogP contribution in [0.2, 0.25) is 0 Å². The van der Waals surface area contributed by atoms with Crippen LogP contribution in [0.3, 0.4) is 0 Å². The molecule has 0 spiro atoms. The maximum atomic E-state index is 4.57. The number of aromatic nitrogens is 1. The summed E-state index contributed by atoms with van der Waals surface area (Å²) >= 11 is 0. The van der Waals surface area contributed by atoms with Crippen molar-refractivity contribution in [3.63, 3.8) is 0 Å². The highest BCUT2D eigenvalue weighted by Gasteiger charge is 2.34. The number of hydrogen-bond donors (Lipinski definition) is 0. The SMILES string of the molecule is CC1(C)c2ccccc2-c2cc(-c3ccnc(-c4ccccc4)c3)ccc21. The predicted octanol–water partition coefficient (Wildman–Crippen LogP) is 6.72. The maximum Gasteiger partial charge on any atom is 0.0708 e. The average molecular weight is 347 g/mol. The molecular formula is C26H21N. The van der Waals surface area contributed by atoms with Gasteiger partial charge in [-0.3, -0.25) is 4.98 Å². The smallest absolute Gasteiger partial charge is 0.0708 e. The molecule has 1 aromatic heterocycles. The summed E-state index contributed by atoms with van der Waals surface area (Å²) in [5.41, 5.74) is 10.2. The van der Waals surface area contributed by atoms with E-state index in [2.05, 4.69) is 97.7 Å². The molecule has 0 aliphatic heterocycles. The number of hydrogen-bond acceptors (Lipinski definition) is 1. The Kier molecular flexibility index (Phi) is 3.51. The van der Waals surface area contributed by atoms with Crippen molar-refractivity contribution in [3.05, 3.63) is 102 Å². The Morgan fingerprint density at radius 3 is 2.15 bits per heavy atom. The largest absolute Gasteiger partial charge is 0.256 e. The third-order valence-corrected chi connectivity index (χ3v) is 5.75. The highest BCUT2D eigenvalue weighted by Crippen LogP contribution is 2.49. The van der Waals surface area contributed by atoms with Crippen molar-refractivity contribution in [1.82, 2.24) is 4.98 Å². The first-order valence-corrected chi connectivity index (χ1v) is 9.41. The third kappa shape index (κ3) is 2.50. The van der Waals surface area contributed by atoms with Crippen LogP contribution < -0.4 is 0 Å². The standard InChI is InChI=1S/C26H21N/c1-26(2)23-11-7-6-10-21(23)22-16-19(12-13-24(22)26)20-14-15-27-25(17-20)18-8-4-3-5-9-18/h3-17H,1-2H3. The monoisotopic (exact) mass is 347 g/mol. The minimum absolute atomic E-state index is 0.0535. The molecule has 4 aromatic rings. The molecule has 3 aromatic carbocycles. The van der Waals surface area contributed by atoms with Crippen molar-refractivity contribution in [2.45, 2.75) is 19.3 Å². The van der Waals surface area contributed by atoms with Gasteiger partial charge in [0, 0.05) is 17.2 Å². The van der Waals surface area contributed by atoms with E-state index in [1.165, 1.54) is 33.4 Å². The summed E-state index contributed by atoms with van der Waals surface area (Å²) in [5, 5.41) is 0. The molecule has 1 aliphatic carbocycles. The van der Waals surface area contributed by atoms with Crippen LogP contribution in [0.1, 0.15) is 25.0 Å². The number of rotatable bonds is 2. The Morgan fingerprint density at radius 2 is 1.30 bits per heavy atom. The summed E-state index contributed by atoms with van der Waals surface area (Å²) in [5.74, 6) is 0. The molecule has 1 aliphatic rings. The van der Waals surface area contributed by atoms with E-state index in [4.69, 9.17) is 0 Å². The lowest BCUT2D eigenvalue weighted by Crippen LogP contribution is -2.14. The maximum absolute atomic E-state index is 4.57. The van der Waals surface area contributed by atoms with E-state index >= 15 is 0 Å². The summed E-state index contributed by atoms with van der Waals surface area (Å²) < 4.78 is 0. The molecule has 0 saturated carbocycles. The molecule has 0 amide bonds. The topological polar surface area (TPSA) is 12.9 Å². The van der Waals surface area contributed by atoms with E-state index in [0.717, 1.165) is 11.3 Å².